The first kappa shape index (κ1) is 14.2. The van der Waals surface area contributed by atoms with Crippen molar-refractivity contribution in [2.24, 2.45) is 0 Å². The minimum atomic E-state index is 0.843. The Bertz CT molecular complexity index is 745. The third-order valence-electron chi connectivity index (χ3n) is 4.41. The van der Waals surface area contributed by atoms with Gasteiger partial charge in [-0.3, -0.25) is 9.88 Å². The summed E-state index contributed by atoms with van der Waals surface area (Å²) in [5.41, 5.74) is 3.80. The third-order valence-corrected chi connectivity index (χ3v) is 4.41. The van der Waals surface area contributed by atoms with Crippen LogP contribution in [-0.4, -0.2) is 30.5 Å². The summed E-state index contributed by atoms with van der Waals surface area (Å²) in [5, 5.41) is 0. The molecular formula is C18H21N5. The molecule has 118 valence electrons. The highest BCUT2D eigenvalue weighted by Gasteiger charge is 2.19. The van der Waals surface area contributed by atoms with Crippen LogP contribution in [0.4, 0.5) is 0 Å². The number of aryl methyl sites for hydroxylation is 1. The molecule has 5 nitrogen and oxygen atoms in total. The number of imidazole rings is 1. The molecule has 4 rings (SSSR count). The summed E-state index contributed by atoms with van der Waals surface area (Å²) in [6.07, 6.45) is 11.1. The number of rotatable bonds is 4. The first-order valence-electron chi connectivity index (χ1n) is 8.13. The normalized spacial score (nSPS) is 15.3. The molecule has 5 heteroatoms. The van der Waals surface area contributed by atoms with Gasteiger partial charge in [0, 0.05) is 51.0 Å². The largest absolute Gasteiger partial charge is 0.348 e. The highest BCUT2D eigenvalue weighted by atomic mass is 15.2. The van der Waals surface area contributed by atoms with Crippen LogP contribution in [0.5, 0.6) is 0 Å². The minimum Gasteiger partial charge on any atom is -0.348 e. The molecule has 0 unspecified atom stereocenters. The standard InChI is InChI=1S/C18H21N5/c1-2-8-21(7-1)13-17-18-14-22(9-4-10-23(18)15-20-17)12-16-5-3-6-19-11-16/h1-3,5-8,11,15H,4,9-10,12-14H2. The van der Waals surface area contributed by atoms with Crippen LogP contribution in [0.2, 0.25) is 0 Å². The second kappa shape index (κ2) is 6.38. The van der Waals surface area contributed by atoms with E-state index in [1.54, 1.807) is 0 Å². The molecule has 0 saturated heterocycles. The van der Waals surface area contributed by atoms with Crippen LogP contribution in [0.3, 0.4) is 0 Å². The van der Waals surface area contributed by atoms with Crippen LogP contribution in [-0.2, 0) is 26.2 Å². The van der Waals surface area contributed by atoms with E-state index in [4.69, 9.17) is 0 Å². The summed E-state index contributed by atoms with van der Waals surface area (Å²) in [6, 6.07) is 8.28. The molecule has 0 fully saturated rings. The van der Waals surface area contributed by atoms with Crippen LogP contribution < -0.4 is 0 Å². The molecule has 0 aromatic carbocycles. The van der Waals surface area contributed by atoms with Gasteiger partial charge >= 0.3 is 0 Å². The average Bonchev–Trinajstić information content (AvgIpc) is 3.16. The summed E-state index contributed by atoms with van der Waals surface area (Å²) in [7, 11) is 0. The first-order chi connectivity index (χ1) is 11.4. The zero-order chi connectivity index (χ0) is 15.5. The lowest BCUT2D eigenvalue weighted by atomic mass is 10.2. The summed E-state index contributed by atoms with van der Waals surface area (Å²) in [6.45, 7) is 4.90. The monoisotopic (exact) mass is 307 g/mol. The van der Waals surface area contributed by atoms with E-state index in [9.17, 15) is 0 Å². The van der Waals surface area contributed by atoms with E-state index >= 15 is 0 Å². The highest BCUT2D eigenvalue weighted by Crippen LogP contribution is 2.19. The SMILES string of the molecule is c1cncc(CN2CCCn3cnc(Cn4cccc4)c3C2)c1. The van der Waals surface area contributed by atoms with Crippen molar-refractivity contribution in [1.82, 2.24) is 24.0 Å². The maximum Gasteiger partial charge on any atom is 0.0952 e. The summed E-state index contributed by atoms with van der Waals surface area (Å²) < 4.78 is 4.50. The van der Waals surface area contributed by atoms with Gasteiger partial charge in [0.25, 0.3) is 0 Å². The van der Waals surface area contributed by atoms with E-state index < -0.39 is 0 Å². The molecule has 3 aromatic rings. The van der Waals surface area contributed by atoms with Crippen molar-refractivity contribution in [2.45, 2.75) is 32.6 Å². The second-order valence-electron chi connectivity index (χ2n) is 6.11. The fourth-order valence-electron chi connectivity index (χ4n) is 3.25. The first-order valence-corrected chi connectivity index (χ1v) is 8.13. The lowest BCUT2D eigenvalue weighted by Crippen LogP contribution is -2.23. The molecule has 0 saturated carbocycles. The van der Waals surface area contributed by atoms with Gasteiger partial charge in [-0.1, -0.05) is 6.07 Å². The van der Waals surface area contributed by atoms with Crippen molar-refractivity contribution >= 4 is 0 Å². The van der Waals surface area contributed by atoms with E-state index in [1.807, 2.05) is 24.8 Å². The predicted octanol–water partition coefficient (Wildman–Crippen LogP) is 2.53. The molecule has 1 aliphatic heterocycles. The minimum absolute atomic E-state index is 0.843. The number of pyridine rings is 1. The molecule has 0 amide bonds. The van der Waals surface area contributed by atoms with Crippen molar-refractivity contribution in [3.63, 3.8) is 0 Å². The topological polar surface area (TPSA) is 38.9 Å². The van der Waals surface area contributed by atoms with Crippen molar-refractivity contribution in [1.29, 1.82) is 0 Å². The fourth-order valence-corrected chi connectivity index (χ4v) is 3.25. The fraction of sp³-hybridized carbons (Fsp3) is 0.333. The molecule has 0 bridgehead atoms. The Balaban J connectivity index is 1.54. The number of hydrogen-bond acceptors (Lipinski definition) is 3. The Morgan fingerprint density at radius 3 is 2.78 bits per heavy atom. The van der Waals surface area contributed by atoms with Gasteiger partial charge in [-0.15, -0.1) is 0 Å². The van der Waals surface area contributed by atoms with Crippen molar-refractivity contribution in [3.8, 4) is 0 Å². The van der Waals surface area contributed by atoms with Crippen molar-refractivity contribution < 1.29 is 0 Å². The molecule has 0 radical (unpaired) electrons. The van der Waals surface area contributed by atoms with Crippen LogP contribution >= 0.6 is 0 Å². The van der Waals surface area contributed by atoms with Crippen LogP contribution in [0.25, 0.3) is 0 Å². The third kappa shape index (κ3) is 3.19. The van der Waals surface area contributed by atoms with Gasteiger partial charge in [0.2, 0.25) is 0 Å². The van der Waals surface area contributed by atoms with Crippen molar-refractivity contribution in [2.75, 3.05) is 6.54 Å². The molecule has 0 aliphatic carbocycles. The molecule has 4 heterocycles. The number of aromatic nitrogens is 4. The molecule has 0 N–H and O–H groups in total. The molecular weight excluding hydrogens is 286 g/mol. The summed E-state index contributed by atoms with van der Waals surface area (Å²) in [4.78, 5) is 11.4. The lowest BCUT2D eigenvalue weighted by Gasteiger charge is -2.20. The molecule has 0 atom stereocenters. The Morgan fingerprint density at radius 1 is 1.04 bits per heavy atom. The summed E-state index contributed by atoms with van der Waals surface area (Å²) in [5.74, 6) is 0. The van der Waals surface area contributed by atoms with Gasteiger partial charge in [0.05, 0.1) is 24.3 Å². The van der Waals surface area contributed by atoms with Gasteiger partial charge in [-0.25, -0.2) is 4.98 Å². The van der Waals surface area contributed by atoms with Crippen LogP contribution in [0, 0.1) is 0 Å². The van der Waals surface area contributed by atoms with Gasteiger partial charge < -0.3 is 9.13 Å². The van der Waals surface area contributed by atoms with E-state index in [0.717, 1.165) is 39.1 Å². The summed E-state index contributed by atoms with van der Waals surface area (Å²) >= 11 is 0. The van der Waals surface area contributed by atoms with Gasteiger partial charge in [0.15, 0.2) is 0 Å². The van der Waals surface area contributed by atoms with Crippen LogP contribution in [0.15, 0.2) is 55.4 Å². The molecule has 0 spiro atoms. The van der Waals surface area contributed by atoms with Crippen LogP contribution in [0.1, 0.15) is 23.4 Å². The average molecular weight is 307 g/mol. The number of hydrogen-bond donors (Lipinski definition) is 0. The maximum absolute atomic E-state index is 4.66. The maximum atomic E-state index is 4.66. The number of fused-ring (bicyclic) bond motifs is 1. The van der Waals surface area contributed by atoms with E-state index in [0.29, 0.717) is 0 Å². The van der Waals surface area contributed by atoms with E-state index in [-0.39, 0.29) is 0 Å². The molecule has 1 aliphatic rings. The van der Waals surface area contributed by atoms with E-state index in [1.165, 1.54) is 17.0 Å². The Morgan fingerprint density at radius 2 is 1.96 bits per heavy atom. The quantitative estimate of drug-likeness (QED) is 0.743. The molecule has 3 aromatic heterocycles. The molecule has 23 heavy (non-hydrogen) atoms. The van der Waals surface area contributed by atoms with Crippen molar-refractivity contribution in [3.05, 3.63) is 72.3 Å². The Hall–Kier alpha value is -2.40. The van der Waals surface area contributed by atoms with Gasteiger partial charge in [-0.2, -0.15) is 0 Å². The smallest absolute Gasteiger partial charge is 0.0952 e. The Labute approximate surface area is 136 Å². The Kier molecular flexibility index (Phi) is 3.94. The predicted molar refractivity (Wildman–Crippen MR) is 88.7 cm³/mol. The van der Waals surface area contributed by atoms with E-state index in [2.05, 4.69) is 54.6 Å². The van der Waals surface area contributed by atoms with Gasteiger partial charge in [0.1, 0.15) is 0 Å². The van der Waals surface area contributed by atoms with Gasteiger partial charge in [-0.05, 0) is 30.2 Å². The zero-order valence-electron chi connectivity index (χ0n) is 13.2. The highest BCUT2D eigenvalue weighted by molar-refractivity contribution is 5.16. The zero-order valence-corrected chi connectivity index (χ0v) is 13.2. The lowest BCUT2D eigenvalue weighted by molar-refractivity contribution is 0.259. The second-order valence-corrected chi connectivity index (χ2v) is 6.11. The number of nitrogens with zero attached hydrogens (tertiary/aromatic N) is 5.